The Morgan fingerprint density at radius 3 is 2.46 bits per heavy atom. The number of nitrogens with one attached hydrogen (secondary N) is 2. The van der Waals surface area contributed by atoms with E-state index in [-0.39, 0.29) is 17.7 Å². The van der Waals surface area contributed by atoms with Gasteiger partial charge in [0, 0.05) is 48.1 Å². The highest BCUT2D eigenvalue weighted by Crippen LogP contribution is 2.34. The summed E-state index contributed by atoms with van der Waals surface area (Å²) in [7, 11) is 0. The van der Waals surface area contributed by atoms with Crippen molar-refractivity contribution in [2.24, 2.45) is 5.92 Å². The second-order valence-electron chi connectivity index (χ2n) is 10.2. The lowest BCUT2D eigenvalue weighted by Gasteiger charge is -2.27. The van der Waals surface area contributed by atoms with Gasteiger partial charge in [0.2, 0.25) is 5.91 Å². The molecule has 0 unspecified atom stereocenters. The summed E-state index contributed by atoms with van der Waals surface area (Å²) < 4.78 is 1.83. The molecule has 1 fully saturated rings. The molecule has 4 heterocycles. The van der Waals surface area contributed by atoms with Crippen molar-refractivity contribution in [3.63, 3.8) is 0 Å². The van der Waals surface area contributed by atoms with Crippen molar-refractivity contribution < 1.29 is 4.79 Å². The van der Waals surface area contributed by atoms with E-state index >= 15 is 0 Å². The van der Waals surface area contributed by atoms with E-state index in [2.05, 4.69) is 25.6 Å². The highest BCUT2D eigenvalue weighted by molar-refractivity contribution is 5.78. The Labute approximate surface area is 217 Å². The predicted octanol–water partition coefficient (Wildman–Crippen LogP) is 4.20. The first-order valence-corrected chi connectivity index (χ1v) is 13.0. The molecule has 1 aliphatic rings. The van der Waals surface area contributed by atoms with Gasteiger partial charge in [-0.1, -0.05) is 6.07 Å². The molecule has 1 saturated carbocycles. The summed E-state index contributed by atoms with van der Waals surface area (Å²) in [5, 5.41) is 14.9. The number of aryl methyl sites for hydroxylation is 4. The minimum absolute atomic E-state index is 0.0227. The highest BCUT2D eigenvalue weighted by atomic mass is 16.1. The summed E-state index contributed by atoms with van der Waals surface area (Å²) in [6.45, 7) is 8.47. The number of rotatable bonds is 7. The molecule has 0 radical (unpaired) electrons. The molecule has 2 N–H and O–H groups in total. The largest absolute Gasteiger partial charge is 0.352 e. The molecule has 0 bridgehead atoms. The predicted molar refractivity (Wildman–Crippen MR) is 140 cm³/mol. The molecule has 4 aromatic rings. The van der Waals surface area contributed by atoms with Gasteiger partial charge in [-0.3, -0.25) is 9.89 Å². The van der Waals surface area contributed by atoms with Crippen molar-refractivity contribution in [1.29, 1.82) is 0 Å². The van der Waals surface area contributed by atoms with E-state index < -0.39 is 0 Å². The van der Waals surface area contributed by atoms with E-state index in [4.69, 9.17) is 9.97 Å². The fourth-order valence-corrected chi connectivity index (χ4v) is 5.14. The first-order chi connectivity index (χ1) is 17.8. The monoisotopic (exact) mass is 498 g/mol. The van der Waals surface area contributed by atoms with E-state index in [0.717, 1.165) is 77.1 Å². The van der Waals surface area contributed by atoms with Gasteiger partial charge in [0.25, 0.3) is 0 Å². The van der Waals surface area contributed by atoms with Gasteiger partial charge in [-0.05, 0) is 83.2 Å². The number of pyridine rings is 1. The SMILES string of the molecule is Cc1cc(Cc2cc(C)[nH]n2)nc(C2CCC(C(=O)NCc3ccc(-n4nc(C)cc4C)nc3)CC2)n1. The average Bonchev–Trinajstić information content (AvgIpc) is 3.45. The number of carbonyl (C=O) groups is 1. The minimum Gasteiger partial charge on any atom is -0.352 e. The Balaban J connectivity index is 1.13. The second-order valence-corrected chi connectivity index (χ2v) is 10.2. The van der Waals surface area contributed by atoms with Crippen LogP contribution >= 0.6 is 0 Å². The molecule has 9 heteroatoms. The zero-order chi connectivity index (χ0) is 25.9. The van der Waals surface area contributed by atoms with E-state index in [1.807, 2.05) is 62.7 Å². The molecule has 9 nitrogen and oxygen atoms in total. The summed E-state index contributed by atoms with van der Waals surface area (Å²) in [5.41, 5.74) is 6.98. The Morgan fingerprint density at radius 1 is 1.00 bits per heavy atom. The number of aromatic nitrogens is 7. The molecule has 5 rings (SSSR count). The van der Waals surface area contributed by atoms with Gasteiger partial charge in [0.05, 0.1) is 17.1 Å². The third kappa shape index (κ3) is 5.93. The Hall–Kier alpha value is -3.88. The van der Waals surface area contributed by atoms with Crippen molar-refractivity contribution in [3.8, 4) is 5.82 Å². The summed E-state index contributed by atoms with van der Waals surface area (Å²) in [6, 6.07) is 10.0. The van der Waals surface area contributed by atoms with Gasteiger partial charge in [0.1, 0.15) is 5.82 Å². The normalized spacial score (nSPS) is 17.6. The van der Waals surface area contributed by atoms with Crippen LogP contribution in [0.2, 0.25) is 0 Å². The van der Waals surface area contributed by atoms with E-state index in [0.29, 0.717) is 13.0 Å². The maximum atomic E-state index is 12.9. The zero-order valence-electron chi connectivity index (χ0n) is 22.0. The van der Waals surface area contributed by atoms with Gasteiger partial charge >= 0.3 is 0 Å². The Bertz CT molecular complexity index is 1380. The molecule has 37 heavy (non-hydrogen) atoms. The summed E-state index contributed by atoms with van der Waals surface area (Å²) in [5.74, 6) is 2.10. The molecule has 192 valence electrons. The van der Waals surface area contributed by atoms with E-state index in [1.54, 1.807) is 6.20 Å². The highest BCUT2D eigenvalue weighted by Gasteiger charge is 2.28. The average molecular weight is 499 g/mol. The topological polar surface area (TPSA) is 114 Å². The number of carbonyl (C=O) groups excluding carboxylic acids is 1. The molecular weight excluding hydrogens is 464 g/mol. The van der Waals surface area contributed by atoms with Gasteiger partial charge in [-0.2, -0.15) is 10.2 Å². The van der Waals surface area contributed by atoms with E-state index in [9.17, 15) is 4.79 Å². The van der Waals surface area contributed by atoms with Gasteiger partial charge in [0.15, 0.2) is 5.82 Å². The summed E-state index contributed by atoms with van der Waals surface area (Å²) >= 11 is 0. The maximum Gasteiger partial charge on any atom is 0.223 e. The third-order valence-corrected chi connectivity index (χ3v) is 7.01. The third-order valence-electron chi connectivity index (χ3n) is 7.01. The van der Waals surface area contributed by atoms with E-state index in [1.165, 1.54) is 0 Å². The summed E-state index contributed by atoms with van der Waals surface area (Å²) in [4.78, 5) is 27.0. The van der Waals surface area contributed by atoms with Crippen LogP contribution in [-0.4, -0.2) is 40.8 Å². The van der Waals surface area contributed by atoms with Crippen LogP contribution < -0.4 is 5.32 Å². The van der Waals surface area contributed by atoms with Crippen LogP contribution in [0.1, 0.15) is 77.2 Å². The quantitative estimate of drug-likeness (QED) is 0.395. The molecule has 0 aliphatic heterocycles. The molecule has 0 aromatic carbocycles. The van der Waals surface area contributed by atoms with Crippen molar-refractivity contribution in [2.45, 2.75) is 72.3 Å². The van der Waals surface area contributed by atoms with Gasteiger partial charge < -0.3 is 5.32 Å². The number of H-pyrrole nitrogens is 1. The second kappa shape index (κ2) is 10.6. The van der Waals surface area contributed by atoms with Crippen LogP contribution in [-0.2, 0) is 17.8 Å². The minimum atomic E-state index is 0.0227. The fourth-order valence-electron chi connectivity index (χ4n) is 5.14. The number of nitrogens with zero attached hydrogens (tertiary/aromatic N) is 6. The molecule has 0 saturated heterocycles. The van der Waals surface area contributed by atoms with Crippen LogP contribution in [0.25, 0.3) is 5.82 Å². The van der Waals surface area contributed by atoms with Gasteiger partial charge in [-0.25, -0.2) is 19.6 Å². The van der Waals surface area contributed by atoms with Crippen molar-refractivity contribution in [2.75, 3.05) is 0 Å². The number of hydrogen-bond donors (Lipinski definition) is 2. The van der Waals surface area contributed by atoms with Crippen LogP contribution in [0, 0.1) is 33.6 Å². The Morgan fingerprint density at radius 2 is 1.81 bits per heavy atom. The molecule has 1 aliphatic carbocycles. The number of hydrogen-bond acceptors (Lipinski definition) is 6. The lowest BCUT2D eigenvalue weighted by atomic mass is 9.81. The molecule has 0 atom stereocenters. The molecule has 1 amide bonds. The number of aromatic amines is 1. The summed E-state index contributed by atoms with van der Waals surface area (Å²) in [6.07, 6.45) is 6.02. The van der Waals surface area contributed by atoms with Crippen LogP contribution in [0.4, 0.5) is 0 Å². The van der Waals surface area contributed by atoms with Crippen LogP contribution in [0.5, 0.6) is 0 Å². The van der Waals surface area contributed by atoms with Crippen molar-refractivity contribution in [3.05, 3.63) is 82.1 Å². The van der Waals surface area contributed by atoms with Gasteiger partial charge in [-0.15, -0.1) is 0 Å². The van der Waals surface area contributed by atoms with Crippen molar-refractivity contribution in [1.82, 2.24) is 40.2 Å². The Kier molecular flexibility index (Phi) is 7.12. The lowest BCUT2D eigenvalue weighted by molar-refractivity contribution is -0.126. The first kappa shape index (κ1) is 24.8. The lowest BCUT2D eigenvalue weighted by Crippen LogP contribution is -2.32. The molecule has 0 spiro atoms. The maximum absolute atomic E-state index is 12.9. The zero-order valence-corrected chi connectivity index (χ0v) is 22.0. The fraction of sp³-hybridized carbons (Fsp3) is 0.429. The molecular formula is C28H34N8O. The smallest absolute Gasteiger partial charge is 0.223 e. The standard InChI is InChI=1S/C28H34N8O/c1-17-12-24(14-25-13-18(2)33-34-25)32-27(31-17)22-6-8-23(9-7-22)28(37)30-16-21-5-10-26(29-15-21)36-20(4)11-19(3)35-36/h5,10-13,15,22-23H,6-9,14,16H2,1-4H3,(H,30,37)(H,33,34). The van der Waals surface area contributed by atoms with Crippen LogP contribution in [0.3, 0.4) is 0 Å². The van der Waals surface area contributed by atoms with Crippen molar-refractivity contribution >= 4 is 5.91 Å². The van der Waals surface area contributed by atoms with Crippen LogP contribution in [0.15, 0.2) is 36.5 Å². The number of amides is 1. The first-order valence-electron chi connectivity index (χ1n) is 13.0. The molecule has 4 aromatic heterocycles.